The van der Waals surface area contributed by atoms with Gasteiger partial charge in [-0.3, -0.25) is 28.4 Å². The van der Waals surface area contributed by atoms with Gasteiger partial charge in [0.15, 0.2) is 5.90 Å². The topological polar surface area (TPSA) is 231 Å². The van der Waals surface area contributed by atoms with Gasteiger partial charge in [0, 0.05) is 63.2 Å². The molecular formula is C28H55F3N3NaO12S3. The molecule has 1 heterocycles. The van der Waals surface area contributed by atoms with Crippen molar-refractivity contribution in [2.24, 2.45) is 4.99 Å². The molecule has 0 unspecified atom stereocenters. The molecule has 0 bridgehead atoms. The van der Waals surface area contributed by atoms with E-state index in [4.69, 9.17) is 9.84 Å². The van der Waals surface area contributed by atoms with Gasteiger partial charge < -0.3 is 35.3 Å². The van der Waals surface area contributed by atoms with E-state index < -0.39 is 21.6 Å². The average molecular weight is 802 g/mol. The van der Waals surface area contributed by atoms with E-state index in [2.05, 4.69) is 33.5 Å². The SMILES string of the molecule is CCCC(=O)N(C)CCN(CCSCCC(=O)O)C(=O)CCC.CCCC1=NCCO1.COC(=O)CCS.COS(=O)(=O)C(F)(F)F.O.[Na+].[OH-]. The minimum atomic E-state index is -5.34. The fourth-order valence-electron chi connectivity index (χ4n) is 3.00. The van der Waals surface area contributed by atoms with Crippen LogP contribution in [0.5, 0.6) is 0 Å². The number of thiol groups is 1. The zero-order chi connectivity index (χ0) is 36.9. The van der Waals surface area contributed by atoms with E-state index in [0.717, 1.165) is 50.5 Å². The van der Waals surface area contributed by atoms with Crippen LogP contribution in [-0.4, -0.2) is 141 Å². The standard InChI is InChI=1S/C16H30N2O4S.C6H11NO.C4H8O2S.C2H3F3O3S.Na.2H2O/c1-4-6-14(19)17(3)9-10-18(15(20)7-5-2)11-13-23-12-8-16(21)22;1-2-3-6-7-4-5-8-6;1-6-4(5)2-3-7;1-8-9(6,7)2(3,4)5;;;/h4-13H2,1-3H3,(H,21,22);2-5H2,1H3;7H,2-3H2,1H3;1H3;;2*1H2/q;;;;+1;;/p-1. The van der Waals surface area contributed by atoms with E-state index in [1.807, 2.05) is 13.8 Å². The minimum Gasteiger partial charge on any atom is -0.870 e. The van der Waals surface area contributed by atoms with Gasteiger partial charge in [0.05, 0.1) is 33.6 Å². The molecule has 0 radical (unpaired) electrons. The second-order valence-corrected chi connectivity index (χ2v) is 12.8. The molecule has 0 saturated carbocycles. The minimum absolute atomic E-state index is 0. The normalized spacial score (nSPS) is 11.3. The number of esters is 1. The molecule has 0 aromatic heterocycles. The zero-order valence-corrected chi connectivity index (χ0v) is 34.6. The third-order valence-electron chi connectivity index (χ3n) is 5.54. The van der Waals surface area contributed by atoms with E-state index in [-0.39, 0.29) is 64.7 Å². The molecule has 15 nitrogen and oxygen atoms in total. The number of carbonyl (C=O) groups excluding carboxylic acids is 3. The number of carboxylic acid groups (broad SMARTS) is 1. The molecule has 2 amide bonds. The molecule has 22 heteroatoms. The number of thioether (sulfide) groups is 1. The van der Waals surface area contributed by atoms with E-state index >= 15 is 0 Å². The van der Waals surface area contributed by atoms with Crippen molar-refractivity contribution >= 4 is 64.2 Å². The molecule has 50 heavy (non-hydrogen) atoms. The number of rotatable bonds is 18. The first-order chi connectivity index (χ1) is 22.0. The smallest absolute Gasteiger partial charge is 0.870 e. The quantitative estimate of drug-likeness (QED) is 0.0475. The summed E-state index contributed by atoms with van der Waals surface area (Å²) in [6.45, 7) is 9.40. The van der Waals surface area contributed by atoms with Gasteiger partial charge in [-0.25, -0.2) is 0 Å². The van der Waals surface area contributed by atoms with Crippen LogP contribution in [0.15, 0.2) is 4.99 Å². The number of hydrogen-bond donors (Lipinski definition) is 2. The number of halogens is 3. The predicted molar refractivity (Wildman–Crippen MR) is 185 cm³/mol. The van der Waals surface area contributed by atoms with Crippen molar-refractivity contribution < 1.29 is 100 Å². The molecule has 0 fully saturated rings. The van der Waals surface area contributed by atoms with Crippen LogP contribution in [-0.2, 0) is 43.0 Å². The van der Waals surface area contributed by atoms with Crippen molar-refractivity contribution in [3.63, 3.8) is 0 Å². The largest absolute Gasteiger partial charge is 1.00 e. The Kier molecular flexibility index (Phi) is 45.5. The van der Waals surface area contributed by atoms with Gasteiger partial charge in [0.25, 0.3) is 0 Å². The van der Waals surface area contributed by atoms with Crippen molar-refractivity contribution in [2.75, 3.05) is 71.3 Å². The summed E-state index contributed by atoms with van der Waals surface area (Å²) in [4.78, 5) is 52.1. The number of nitrogens with zero attached hydrogens (tertiary/aromatic N) is 3. The molecule has 294 valence electrons. The number of hydrogen-bond acceptors (Lipinski definition) is 13. The van der Waals surface area contributed by atoms with Gasteiger partial charge in [0.1, 0.15) is 6.61 Å². The van der Waals surface area contributed by atoms with Gasteiger partial charge in [-0.15, -0.1) is 0 Å². The third kappa shape index (κ3) is 35.1. The van der Waals surface area contributed by atoms with Crippen molar-refractivity contribution in [2.45, 2.75) is 77.6 Å². The maximum atomic E-state index is 12.1. The van der Waals surface area contributed by atoms with Crippen LogP contribution in [0.1, 0.15) is 72.1 Å². The number of carboxylic acids is 1. The van der Waals surface area contributed by atoms with Crippen molar-refractivity contribution in [1.29, 1.82) is 0 Å². The Bertz CT molecular complexity index is 1030. The Hall–Kier alpha value is -1.33. The first-order valence-corrected chi connectivity index (χ1v) is 18.2. The van der Waals surface area contributed by atoms with Crippen LogP contribution in [0.3, 0.4) is 0 Å². The molecule has 4 N–H and O–H groups in total. The third-order valence-corrected chi connectivity index (χ3v) is 7.73. The molecule has 1 aliphatic heterocycles. The maximum Gasteiger partial charge on any atom is 1.00 e. The Labute approximate surface area is 326 Å². The summed E-state index contributed by atoms with van der Waals surface area (Å²) in [7, 11) is -1.76. The number of ether oxygens (including phenoxy) is 2. The number of alkyl halides is 3. The molecule has 0 atom stereocenters. The first kappa shape index (κ1) is 60.7. The Morgan fingerprint density at radius 2 is 1.52 bits per heavy atom. The fourth-order valence-corrected chi connectivity index (χ4v) is 4.25. The number of amides is 2. The van der Waals surface area contributed by atoms with Crippen LogP contribution < -0.4 is 29.6 Å². The summed E-state index contributed by atoms with van der Waals surface area (Å²) in [5.74, 6) is 1.99. The monoisotopic (exact) mass is 801 g/mol. The fraction of sp³-hybridized carbons (Fsp3) is 0.821. The second kappa shape index (κ2) is 37.4. The summed E-state index contributed by atoms with van der Waals surface area (Å²) in [6, 6.07) is 0. The van der Waals surface area contributed by atoms with E-state index in [1.165, 1.54) is 18.9 Å². The predicted octanol–water partition coefficient (Wildman–Crippen LogP) is 0.261. The Morgan fingerprint density at radius 3 is 1.88 bits per heavy atom. The molecule has 1 aliphatic rings. The summed E-state index contributed by atoms with van der Waals surface area (Å²) < 4.78 is 65.3. The van der Waals surface area contributed by atoms with Crippen molar-refractivity contribution in [3.8, 4) is 0 Å². The first-order valence-electron chi connectivity index (χ1n) is 15.0. The maximum absolute atomic E-state index is 12.1. The number of likely N-dealkylation sites (N-methyl/N-ethyl adjacent to an activating group) is 1. The number of methoxy groups -OCH3 is 1. The molecule has 0 spiro atoms. The Morgan fingerprint density at radius 1 is 0.960 bits per heavy atom. The van der Waals surface area contributed by atoms with Gasteiger partial charge in [-0.05, 0) is 19.3 Å². The molecule has 0 saturated heterocycles. The summed E-state index contributed by atoms with van der Waals surface area (Å²) in [6.07, 6.45) is 5.35. The van der Waals surface area contributed by atoms with Gasteiger partial charge >= 0.3 is 57.1 Å². The van der Waals surface area contributed by atoms with Crippen LogP contribution >= 0.6 is 24.4 Å². The number of carbonyl (C=O) groups is 4. The van der Waals surface area contributed by atoms with Crippen LogP contribution in [0.25, 0.3) is 0 Å². The molecule has 0 aromatic carbocycles. The second-order valence-electron chi connectivity index (χ2n) is 9.44. The molecule has 1 rings (SSSR count). The average Bonchev–Trinajstić information content (AvgIpc) is 3.52. The van der Waals surface area contributed by atoms with E-state index in [0.29, 0.717) is 57.5 Å². The van der Waals surface area contributed by atoms with E-state index in [1.54, 1.807) is 16.8 Å². The van der Waals surface area contributed by atoms with Gasteiger partial charge in [-0.1, -0.05) is 20.8 Å². The summed E-state index contributed by atoms with van der Waals surface area (Å²) >= 11 is 5.35. The summed E-state index contributed by atoms with van der Waals surface area (Å²) in [5, 5.41) is 8.61. The van der Waals surface area contributed by atoms with Crippen LogP contribution in [0.4, 0.5) is 13.2 Å². The van der Waals surface area contributed by atoms with Crippen molar-refractivity contribution in [3.05, 3.63) is 0 Å². The molecule has 0 aromatic rings. The Balaban J connectivity index is -0.000000147. The molecule has 0 aliphatic carbocycles. The molecular weight excluding hydrogens is 747 g/mol. The van der Waals surface area contributed by atoms with Crippen molar-refractivity contribution in [1.82, 2.24) is 9.80 Å². The van der Waals surface area contributed by atoms with E-state index in [9.17, 15) is 40.8 Å². The van der Waals surface area contributed by atoms with Gasteiger partial charge in [-0.2, -0.15) is 46.0 Å². The van der Waals surface area contributed by atoms with Gasteiger partial charge in [0.2, 0.25) is 11.8 Å². The zero-order valence-electron chi connectivity index (χ0n) is 30.1. The number of aliphatic imine (C=N–C) groups is 1. The number of aliphatic carboxylic acids is 1. The van der Waals surface area contributed by atoms with Crippen LogP contribution in [0, 0.1) is 0 Å². The summed E-state index contributed by atoms with van der Waals surface area (Å²) in [5.41, 5.74) is -5.30. The van der Waals surface area contributed by atoms with Crippen LogP contribution in [0.2, 0.25) is 0 Å².